The van der Waals surface area contributed by atoms with Gasteiger partial charge >= 0.3 is 6.09 Å². The van der Waals surface area contributed by atoms with Crippen molar-refractivity contribution >= 4 is 15.9 Å². The van der Waals surface area contributed by atoms with Crippen LogP contribution in [-0.4, -0.2) is 56.8 Å². The summed E-state index contributed by atoms with van der Waals surface area (Å²) in [7, 11) is -3.16. The van der Waals surface area contributed by atoms with Crippen LogP contribution >= 0.6 is 0 Å². The van der Waals surface area contributed by atoms with E-state index in [0.717, 1.165) is 49.0 Å². The van der Waals surface area contributed by atoms with Gasteiger partial charge in [-0.1, -0.05) is 18.2 Å². The first kappa shape index (κ1) is 21.6. The van der Waals surface area contributed by atoms with Crippen LogP contribution in [0.2, 0.25) is 0 Å². The summed E-state index contributed by atoms with van der Waals surface area (Å²) in [4.78, 5) is 13.8. The Bertz CT molecular complexity index is 893. The van der Waals surface area contributed by atoms with Crippen molar-refractivity contribution < 1.29 is 22.7 Å². The maximum Gasteiger partial charge on any atom is 0.410 e. The lowest BCUT2D eigenvalue weighted by Gasteiger charge is -2.41. The summed E-state index contributed by atoms with van der Waals surface area (Å²) in [6.45, 7) is 5.81. The first-order valence-corrected chi connectivity index (χ1v) is 12.8. The molecule has 3 unspecified atom stereocenters. The van der Waals surface area contributed by atoms with Gasteiger partial charge < -0.3 is 14.4 Å². The number of hydrogen-bond acceptors (Lipinski definition) is 6. The van der Waals surface area contributed by atoms with Crippen molar-refractivity contribution in [3.05, 3.63) is 34.9 Å². The first-order chi connectivity index (χ1) is 14.2. The molecule has 30 heavy (non-hydrogen) atoms. The van der Waals surface area contributed by atoms with Gasteiger partial charge in [-0.05, 0) is 55.7 Å². The fourth-order valence-electron chi connectivity index (χ4n) is 4.78. The Kier molecular flexibility index (Phi) is 6.10. The van der Waals surface area contributed by atoms with Gasteiger partial charge in [0.25, 0.3) is 0 Å². The number of nitrogens with zero attached hydrogens (tertiary/aromatic N) is 1. The molecule has 0 saturated carbocycles. The monoisotopic (exact) mass is 436 g/mol. The Labute approximate surface area is 179 Å². The molecule has 1 amide bonds. The molecule has 2 aliphatic carbocycles. The minimum absolute atomic E-state index is 0.0915. The Morgan fingerprint density at radius 1 is 1.27 bits per heavy atom. The third kappa shape index (κ3) is 4.50. The average Bonchev–Trinajstić information content (AvgIpc) is 2.69. The maximum absolute atomic E-state index is 12.1. The lowest BCUT2D eigenvalue weighted by atomic mass is 9.80. The average molecular weight is 437 g/mol. The summed E-state index contributed by atoms with van der Waals surface area (Å²) in [5.74, 6) is 0.524. The predicted octanol–water partition coefficient (Wildman–Crippen LogP) is 2.96. The van der Waals surface area contributed by atoms with Crippen molar-refractivity contribution in [2.24, 2.45) is 5.92 Å². The predicted molar refractivity (Wildman–Crippen MR) is 114 cm³/mol. The third-order valence-corrected chi connectivity index (χ3v) is 7.79. The molecule has 1 N–H and O–H groups in total. The molecule has 1 aromatic rings. The standard InChI is InChI=1S/C22H32N2O5S/c1-14(2)29-22(25)24-9-6-15(7-10-24)8-11-28-21-16-4-5-18-17(12-16)13-19(23-20(18)21)30(3,26)27/h4-5,12,14-15,19-21,23H,6-11,13H2,1-3H3. The van der Waals surface area contributed by atoms with Crippen LogP contribution in [0.3, 0.4) is 0 Å². The largest absolute Gasteiger partial charge is 0.447 e. The second-order valence-corrected chi connectivity index (χ2v) is 11.3. The highest BCUT2D eigenvalue weighted by Crippen LogP contribution is 2.44. The smallest absolute Gasteiger partial charge is 0.410 e. The topological polar surface area (TPSA) is 84.9 Å². The number of likely N-dealkylation sites (tertiary alicyclic amines) is 1. The Morgan fingerprint density at radius 2 is 2.00 bits per heavy atom. The molecule has 166 valence electrons. The molecular weight excluding hydrogens is 404 g/mol. The van der Waals surface area contributed by atoms with Gasteiger partial charge in [0.05, 0.1) is 12.1 Å². The van der Waals surface area contributed by atoms with Crippen molar-refractivity contribution in [3.63, 3.8) is 0 Å². The molecule has 8 heteroatoms. The van der Waals surface area contributed by atoms with Gasteiger partial charge in [0.15, 0.2) is 9.84 Å². The molecule has 4 aliphatic rings. The molecule has 3 atom stereocenters. The van der Waals surface area contributed by atoms with Crippen LogP contribution < -0.4 is 5.32 Å². The minimum Gasteiger partial charge on any atom is -0.447 e. The van der Waals surface area contributed by atoms with E-state index in [1.807, 2.05) is 13.8 Å². The molecule has 2 aliphatic heterocycles. The van der Waals surface area contributed by atoms with E-state index in [4.69, 9.17) is 9.47 Å². The summed E-state index contributed by atoms with van der Waals surface area (Å²) in [5.41, 5.74) is 3.40. The molecule has 1 saturated heterocycles. The minimum atomic E-state index is -3.16. The van der Waals surface area contributed by atoms with Crippen LogP contribution in [0, 0.1) is 5.92 Å². The second-order valence-electron chi connectivity index (χ2n) is 9.07. The van der Waals surface area contributed by atoms with Gasteiger partial charge in [-0.15, -0.1) is 0 Å². The molecule has 4 bridgehead atoms. The number of rotatable bonds is 6. The molecule has 1 fully saturated rings. The van der Waals surface area contributed by atoms with Crippen molar-refractivity contribution in [1.29, 1.82) is 0 Å². The highest BCUT2D eigenvalue weighted by Gasteiger charge is 2.40. The lowest BCUT2D eigenvalue weighted by Crippen LogP contribution is -2.48. The Morgan fingerprint density at radius 3 is 2.67 bits per heavy atom. The SMILES string of the molecule is CC(C)OC(=O)N1CCC(CCOC2c3ccc4c(c3)CC(S(C)(=O)=O)NC42)CC1. The molecule has 0 aromatic heterocycles. The number of fused-ring (bicyclic) bond motifs is 1. The normalized spacial score (nSPS) is 26.3. The highest BCUT2D eigenvalue weighted by atomic mass is 32.2. The number of sulfone groups is 1. The lowest BCUT2D eigenvalue weighted by molar-refractivity contribution is 0.00606. The van der Waals surface area contributed by atoms with Crippen LogP contribution in [0.4, 0.5) is 4.79 Å². The van der Waals surface area contributed by atoms with E-state index >= 15 is 0 Å². The van der Waals surface area contributed by atoms with Gasteiger partial charge in [-0.3, -0.25) is 5.32 Å². The number of carbonyl (C=O) groups excluding carboxylic acids is 1. The van der Waals surface area contributed by atoms with Gasteiger partial charge in [-0.25, -0.2) is 13.2 Å². The zero-order chi connectivity index (χ0) is 21.5. The number of nitrogens with one attached hydrogen (secondary N) is 1. The number of benzene rings is 1. The van der Waals surface area contributed by atoms with Crippen LogP contribution in [0.25, 0.3) is 0 Å². The van der Waals surface area contributed by atoms with Gasteiger partial charge in [0.2, 0.25) is 0 Å². The Hall–Kier alpha value is -1.64. The van der Waals surface area contributed by atoms with Gasteiger partial charge in [0.1, 0.15) is 11.5 Å². The highest BCUT2D eigenvalue weighted by molar-refractivity contribution is 7.91. The van der Waals surface area contributed by atoms with E-state index in [2.05, 4.69) is 23.5 Å². The second kappa shape index (κ2) is 8.48. The Balaban J connectivity index is 1.29. The zero-order valence-corrected chi connectivity index (χ0v) is 18.8. The molecule has 1 aromatic carbocycles. The van der Waals surface area contributed by atoms with E-state index in [9.17, 15) is 13.2 Å². The summed E-state index contributed by atoms with van der Waals surface area (Å²) in [6, 6.07) is 6.19. The molecular formula is C22H32N2O5S. The molecule has 7 nitrogen and oxygen atoms in total. The van der Waals surface area contributed by atoms with Crippen LogP contribution in [0.15, 0.2) is 18.2 Å². The van der Waals surface area contributed by atoms with E-state index in [1.165, 1.54) is 6.26 Å². The van der Waals surface area contributed by atoms with Crippen LogP contribution in [0.1, 0.15) is 61.9 Å². The molecule has 0 spiro atoms. The maximum atomic E-state index is 12.1. The van der Waals surface area contributed by atoms with Crippen LogP contribution in [0.5, 0.6) is 0 Å². The number of ether oxygens (including phenoxy) is 2. The fraction of sp³-hybridized carbons (Fsp3) is 0.682. The van der Waals surface area contributed by atoms with Crippen LogP contribution in [-0.2, 0) is 25.7 Å². The van der Waals surface area contributed by atoms with Crippen molar-refractivity contribution in [2.45, 2.75) is 63.2 Å². The summed E-state index contributed by atoms with van der Waals surface area (Å²) in [5, 5.41) is 2.76. The summed E-state index contributed by atoms with van der Waals surface area (Å²) >= 11 is 0. The molecule has 0 radical (unpaired) electrons. The van der Waals surface area contributed by atoms with Crippen molar-refractivity contribution in [3.8, 4) is 0 Å². The van der Waals surface area contributed by atoms with E-state index < -0.39 is 15.2 Å². The number of hydrogen-bond donors (Lipinski definition) is 1. The zero-order valence-electron chi connectivity index (χ0n) is 18.0. The molecule has 2 heterocycles. The van der Waals surface area contributed by atoms with Gasteiger partial charge in [-0.2, -0.15) is 0 Å². The van der Waals surface area contributed by atoms with Gasteiger partial charge in [0, 0.05) is 32.4 Å². The number of piperidine rings is 1. The van der Waals surface area contributed by atoms with E-state index in [1.54, 1.807) is 4.90 Å². The quantitative estimate of drug-likeness (QED) is 0.738. The summed E-state index contributed by atoms with van der Waals surface area (Å²) in [6.07, 6.45) is 4.20. The number of carbonyl (C=O) groups is 1. The number of amides is 1. The molecule has 5 rings (SSSR count). The summed E-state index contributed by atoms with van der Waals surface area (Å²) < 4.78 is 35.7. The first-order valence-electron chi connectivity index (χ1n) is 10.9. The fourth-order valence-corrected chi connectivity index (χ4v) is 5.66. The van der Waals surface area contributed by atoms with Crippen molar-refractivity contribution in [2.75, 3.05) is 26.0 Å². The van der Waals surface area contributed by atoms with E-state index in [-0.39, 0.29) is 24.3 Å². The third-order valence-electron chi connectivity index (χ3n) is 6.45. The van der Waals surface area contributed by atoms with E-state index in [0.29, 0.717) is 18.9 Å². The van der Waals surface area contributed by atoms with Crippen molar-refractivity contribution in [1.82, 2.24) is 10.2 Å².